The number of hydrogen-bond acceptors (Lipinski definition) is 1. The average Bonchev–Trinajstić information content (AvgIpc) is 2.03. The summed E-state index contributed by atoms with van der Waals surface area (Å²) in [6.45, 7) is 4.24. The van der Waals surface area contributed by atoms with Gasteiger partial charge in [-0.1, -0.05) is 40.2 Å². The van der Waals surface area contributed by atoms with Crippen LogP contribution in [0.4, 0.5) is 0 Å². The van der Waals surface area contributed by atoms with Crippen molar-refractivity contribution >= 4 is 33.1 Å². The minimum absolute atomic E-state index is 0.419. The Balaban J connectivity index is 3.21. The second-order valence-corrected chi connectivity index (χ2v) is 3.67. The van der Waals surface area contributed by atoms with E-state index in [0.717, 1.165) is 15.6 Å². The van der Waals surface area contributed by atoms with Crippen LogP contribution < -0.4 is 5.73 Å². The minimum Gasteiger partial charge on any atom is -0.326 e. The summed E-state index contributed by atoms with van der Waals surface area (Å²) in [5.74, 6) is 0. The second-order valence-electron chi connectivity index (χ2n) is 2.40. The van der Waals surface area contributed by atoms with Gasteiger partial charge in [0.25, 0.3) is 0 Å². The fraction of sp³-hybridized carbons (Fsp3) is 0.111. The van der Waals surface area contributed by atoms with E-state index >= 15 is 0 Å². The van der Waals surface area contributed by atoms with Gasteiger partial charge in [0.05, 0.1) is 0 Å². The lowest BCUT2D eigenvalue weighted by atomic mass is 10.1. The summed E-state index contributed by atoms with van der Waals surface area (Å²) in [6, 6.07) is 5.62. The molecule has 0 aliphatic rings. The number of benzene rings is 1. The van der Waals surface area contributed by atoms with Crippen molar-refractivity contribution in [1.82, 2.24) is 0 Å². The van der Waals surface area contributed by atoms with E-state index in [4.69, 9.17) is 17.3 Å². The topological polar surface area (TPSA) is 26.0 Å². The van der Waals surface area contributed by atoms with Crippen LogP contribution >= 0.6 is 27.5 Å². The lowest BCUT2D eigenvalue weighted by Crippen LogP contribution is -2.01. The molecular weight excluding hydrogens is 237 g/mol. The molecule has 0 saturated carbocycles. The van der Waals surface area contributed by atoms with Crippen LogP contribution in [0.1, 0.15) is 5.56 Å². The zero-order chi connectivity index (χ0) is 9.14. The standard InChI is InChI=1S/C9H9BrClN/c1-6(5-12)9-7(10)3-2-4-8(9)11/h2-4H,1,5,12H2. The van der Waals surface area contributed by atoms with Crippen LogP contribution in [0.5, 0.6) is 0 Å². The summed E-state index contributed by atoms with van der Waals surface area (Å²) in [7, 11) is 0. The Bertz CT molecular complexity index is 289. The highest BCUT2D eigenvalue weighted by atomic mass is 79.9. The molecule has 1 aromatic carbocycles. The first-order chi connectivity index (χ1) is 5.66. The fourth-order valence-electron chi connectivity index (χ4n) is 0.938. The molecular formula is C9H9BrClN. The fourth-order valence-corrected chi connectivity index (χ4v) is 2.01. The van der Waals surface area contributed by atoms with Gasteiger partial charge in [0.15, 0.2) is 0 Å². The largest absolute Gasteiger partial charge is 0.326 e. The van der Waals surface area contributed by atoms with Gasteiger partial charge in [-0.25, -0.2) is 0 Å². The lowest BCUT2D eigenvalue weighted by molar-refractivity contribution is 1.27. The predicted octanol–water partition coefficient (Wildman–Crippen LogP) is 3.07. The molecule has 0 fully saturated rings. The molecule has 0 atom stereocenters. The number of rotatable bonds is 2. The van der Waals surface area contributed by atoms with Crippen molar-refractivity contribution in [3.8, 4) is 0 Å². The van der Waals surface area contributed by atoms with Gasteiger partial charge in [-0.2, -0.15) is 0 Å². The molecule has 1 nitrogen and oxygen atoms in total. The van der Waals surface area contributed by atoms with Crippen molar-refractivity contribution in [2.75, 3.05) is 6.54 Å². The van der Waals surface area contributed by atoms with Crippen LogP contribution in [0.2, 0.25) is 5.02 Å². The summed E-state index contributed by atoms with van der Waals surface area (Å²) in [4.78, 5) is 0. The molecule has 0 amide bonds. The van der Waals surface area contributed by atoms with Crippen molar-refractivity contribution in [1.29, 1.82) is 0 Å². The van der Waals surface area contributed by atoms with E-state index in [0.29, 0.717) is 11.6 Å². The van der Waals surface area contributed by atoms with Gasteiger partial charge in [-0.3, -0.25) is 0 Å². The van der Waals surface area contributed by atoms with Crippen LogP contribution in [0.25, 0.3) is 5.57 Å². The van der Waals surface area contributed by atoms with Gasteiger partial charge in [0.2, 0.25) is 0 Å². The van der Waals surface area contributed by atoms with Crippen LogP contribution in [-0.2, 0) is 0 Å². The Labute approximate surface area is 85.3 Å². The molecule has 1 aromatic rings. The normalized spacial score (nSPS) is 9.92. The quantitative estimate of drug-likeness (QED) is 0.853. The van der Waals surface area contributed by atoms with Gasteiger partial charge >= 0.3 is 0 Å². The first-order valence-corrected chi connectivity index (χ1v) is 4.66. The van der Waals surface area contributed by atoms with E-state index in [1.54, 1.807) is 0 Å². The van der Waals surface area contributed by atoms with Gasteiger partial charge < -0.3 is 5.73 Å². The van der Waals surface area contributed by atoms with Crippen molar-refractivity contribution in [2.24, 2.45) is 5.73 Å². The molecule has 0 unspecified atom stereocenters. The first-order valence-electron chi connectivity index (χ1n) is 3.49. The third kappa shape index (κ3) is 1.89. The van der Waals surface area contributed by atoms with Gasteiger partial charge in [0, 0.05) is 21.6 Å². The number of hydrogen-bond donors (Lipinski definition) is 1. The molecule has 12 heavy (non-hydrogen) atoms. The Morgan fingerprint density at radius 2 is 2.25 bits per heavy atom. The van der Waals surface area contributed by atoms with Crippen molar-refractivity contribution < 1.29 is 0 Å². The highest BCUT2D eigenvalue weighted by molar-refractivity contribution is 9.10. The summed E-state index contributed by atoms with van der Waals surface area (Å²) in [5.41, 5.74) is 7.21. The van der Waals surface area contributed by atoms with Crippen molar-refractivity contribution in [2.45, 2.75) is 0 Å². The average molecular weight is 247 g/mol. The molecule has 1 rings (SSSR count). The Kier molecular flexibility index (Phi) is 3.32. The van der Waals surface area contributed by atoms with E-state index in [9.17, 15) is 0 Å². The Hall–Kier alpha value is -0.310. The highest BCUT2D eigenvalue weighted by Crippen LogP contribution is 2.29. The van der Waals surface area contributed by atoms with E-state index < -0.39 is 0 Å². The van der Waals surface area contributed by atoms with Crippen molar-refractivity contribution in [3.63, 3.8) is 0 Å². The predicted molar refractivity (Wildman–Crippen MR) is 57.2 cm³/mol. The highest BCUT2D eigenvalue weighted by Gasteiger charge is 2.06. The van der Waals surface area contributed by atoms with E-state index in [-0.39, 0.29) is 0 Å². The third-order valence-electron chi connectivity index (χ3n) is 1.56. The maximum absolute atomic E-state index is 5.96. The third-order valence-corrected chi connectivity index (χ3v) is 2.54. The lowest BCUT2D eigenvalue weighted by Gasteiger charge is -2.07. The molecule has 0 aromatic heterocycles. The Morgan fingerprint density at radius 1 is 1.58 bits per heavy atom. The maximum atomic E-state index is 5.96. The van der Waals surface area contributed by atoms with Gasteiger partial charge in [-0.05, 0) is 17.7 Å². The molecule has 2 N–H and O–H groups in total. The zero-order valence-corrected chi connectivity index (χ0v) is 8.82. The van der Waals surface area contributed by atoms with Crippen molar-refractivity contribution in [3.05, 3.63) is 39.8 Å². The summed E-state index contributed by atoms with van der Waals surface area (Å²) < 4.78 is 0.936. The molecule has 64 valence electrons. The maximum Gasteiger partial charge on any atom is 0.0492 e. The van der Waals surface area contributed by atoms with Crippen LogP contribution in [0.15, 0.2) is 29.3 Å². The molecule has 0 aliphatic carbocycles. The monoisotopic (exact) mass is 245 g/mol. The molecule has 0 aliphatic heterocycles. The molecule has 3 heteroatoms. The molecule has 0 bridgehead atoms. The van der Waals surface area contributed by atoms with Crippen LogP contribution in [-0.4, -0.2) is 6.54 Å². The van der Waals surface area contributed by atoms with E-state index in [1.165, 1.54) is 0 Å². The molecule has 0 saturated heterocycles. The minimum atomic E-state index is 0.419. The zero-order valence-electron chi connectivity index (χ0n) is 6.48. The molecule has 0 heterocycles. The Morgan fingerprint density at radius 3 is 2.75 bits per heavy atom. The van der Waals surface area contributed by atoms with Crippen LogP contribution in [0.3, 0.4) is 0 Å². The van der Waals surface area contributed by atoms with Gasteiger partial charge in [-0.15, -0.1) is 0 Å². The number of nitrogens with two attached hydrogens (primary N) is 1. The summed E-state index contributed by atoms with van der Waals surface area (Å²) in [5, 5.41) is 0.680. The molecule has 0 radical (unpaired) electrons. The smallest absolute Gasteiger partial charge is 0.0492 e. The molecule has 0 spiro atoms. The SMILES string of the molecule is C=C(CN)c1c(Cl)cccc1Br. The van der Waals surface area contributed by atoms with E-state index in [2.05, 4.69) is 22.5 Å². The summed E-state index contributed by atoms with van der Waals surface area (Å²) >= 11 is 9.34. The number of halogens is 2. The second kappa shape index (κ2) is 4.08. The summed E-state index contributed by atoms with van der Waals surface area (Å²) in [6.07, 6.45) is 0. The van der Waals surface area contributed by atoms with Gasteiger partial charge in [0.1, 0.15) is 0 Å². The van der Waals surface area contributed by atoms with Crippen LogP contribution in [0, 0.1) is 0 Å². The first kappa shape index (κ1) is 9.78. The van der Waals surface area contributed by atoms with E-state index in [1.807, 2.05) is 18.2 Å².